The minimum Gasteiger partial charge on any atom is -0.492 e. The normalized spacial score (nSPS) is 10.8. The average molecular weight is 381 g/mol. The van der Waals surface area contributed by atoms with Crippen LogP contribution in [0.2, 0.25) is 10.0 Å². The largest absolute Gasteiger partial charge is 0.492 e. The second kappa shape index (κ2) is 7.38. The molecule has 3 rings (SSSR count). The molecule has 0 saturated heterocycles. The molecular weight excluding hydrogens is 367 g/mol. The van der Waals surface area contributed by atoms with Crippen LogP contribution in [0.3, 0.4) is 0 Å². The van der Waals surface area contributed by atoms with Crippen molar-refractivity contribution in [2.24, 2.45) is 0 Å². The van der Waals surface area contributed by atoms with Crippen LogP contribution in [0.4, 0.5) is 5.13 Å². The zero-order valence-electron chi connectivity index (χ0n) is 12.8. The lowest BCUT2D eigenvalue weighted by molar-refractivity contribution is 0.101. The summed E-state index contributed by atoms with van der Waals surface area (Å²) < 4.78 is 6.57. The number of nitrogens with zero attached hydrogens (tertiary/aromatic N) is 1. The predicted molar refractivity (Wildman–Crippen MR) is 100 cm³/mol. The number of ether oxygens (including phenoxy) is 1. The third-order valence-electron chi connectivity index (χ3n) is 3.31. The van der Waals surface area contributed by atoms with E-state index >= 15 is 0 Å². The Morgan fingerprint density at radius 3 is 2.88 bits per heavy atom. The van der Waals surface area contributed by atoms with Crippen LogP contribution in [-0.4, -0.2) is 23.9 Å². The number of aromatic nitrogens is 1. The molecular formula is C17H14Cl2N2O2S. The molecule has 0 spiro atoms. The second-order valence-corrected chi connectivity index (χ2v) is 6.83. The predicted octanol–water partition coefficient (Wildman–Crippen LogP) is 5.30. The van der Waals surface area contributed by atoms with Gasteiger partial charge in [0.1, 0.15) is 11.3 Å². The summed E-state index contributed by atoms with van der Waals surface area (Å²) in [7, 11) is 0. The number of rotatable bonds is 6. The van der Waals surface area contributed by atoms with Crippen molar-refractivity contribution in [2.45, 2.75) is 6.92 Å². The molecule has 0 aliphatic heterocycles. The Kier molecular flexibility index (Phi) is 5.23. The number of ketones is 1. The Bertz CT molecular complexity index is 895. The van der Waals surface area contributed by atoms with Crippen molar-refractivity contribution < 1.29 is 9.53 Å². The molecule has 0 fully saturated rings. The summed E-state index contributed by atoms with van der Waals surface area (Å²) in [6, 6.07) is 10.6. The molecule has 1 N–H and O–H groups in total. The lowest BCUT2D eigenvalue weighted by Crippen LogP contribution is -2.14. The minimum absolute atomic E-state index is 0.102. The highest BCUT2D eigenvalue weighted by molar-refractivity contribution is 7.22. The van der Waals surface area contributed by atoms with Gasteiger partial charge in [0.2, 0.25) is 0 Å². The lowest BCUT2D eigenvalue weighted by atomic mass is 10.1. The summed E-state index contributed by atoms with van der Waals surface area (Å²) >= 11 is 13.4. The van der Waals surface area contributed by atoms with E-state index in [0.29, 0.717) is 27.3 Å². The number of carbonyl (C=O) groups excluding carboxylic acids is 1. The Labute approximate surface area is 153 Å². The van der Waals surface area contributed by atoms with E-state index in [-0.39, 0.29) is 12.3 Å². The molecule has 1 heterocycles. The van der Waals surface area contributed by atoms with Gasteiger partial charge in [-0.15, -0.1) is 0 Å². The maximum absolute atomic E-state index is 12.3. The molecule has 0 atom stereocenters. The minimum atomic E-state index is -0.124. The molecule has 2 aromatic carbocycles. The first-order valence-electron chi connectivity index (χ1n) is 7.33. The van der Waals surface area contributed by atoms with Gasteiger partial charge in [-0.25, -0.2) is 4.98 Å². The maximum atomic E-state index is 12.3. The topological polar surface area (TPSA) is 51.2 Å². The molecule has 0 bridgehead atoms. The third kappa shape index (κ3) is 3.64. The van der Waals surface area contributed by atoms with Gasteiger partial charge in [-0.2, -0.15) is 0 Å². The first-order valence-corrected chi connectivity index (χ1v) is 8.90. The van der Waals surface area contributed by atoms with Crippen molar-refractivity contribution in [3.05, 3.63) is 52.0 Å². The van der Waals surface area contributed by atoms with E-state index in [2.05, 4.69) is 10.3 Å². The molecule has 0 aliphatic rings. The van der Waals surface area contributed by atoms with Crippen LogP contribution in [0.15, 0.2) is 36.4 Å². The van der Waals surface area contributed by atoms with E-state index in [1.54, 1.807) is 18.2 Å². The van der Waals surface area contributed by atoms with Gasteiger partial charge in [-0.3, -0.25) is 4.79 Å². The van der Waals surface area contributed by atoms with Crippen molar-refractivity contribution >= 4 is 55.7 Å². The maximum Gasteiger partial charge on any atom is 0.184 e. The van der Waals surface area contributed by atoms with E-state index in [1.807, 2.05) is 25.1 Å². The van der Waals surface area contributed by atoms with Crippen LogP contribution >= 0.6 is 34.5 Å². The van der Waals surface area contributed by atoms with Crippen LogP contribution in [0.25, 0.3) is 10.2 Å². The SMILES string of the molecule is CCOc1cccc2sc(NCC(=O)c3ccc(Cl)cc3Cl)nc12. The highest BCUT2D eigenvalue weighted by atomic mass is 35.5. The third-order valence-corrected chi connectivity index (χ3v) is 4.84. The van der Waals surface area contributed by atoms with Crippen LogP contribution in [-0.2, 0) is 0 Å². The van der Waals surface area contributed by atoms with E-state index in [1.165, 1.54) is 11.3 Å². The number of anilines is 1. The van der Waals surface area contributed by atoms with E-state index in [0.717, 1.165) is 16.0 Å². The number of thiazole rings is 1. The molecule has 0 saturated carbocycles. The van der Waals surface area contributed by atoms with Crippen molar-refractivity contribution in [3.63, 3.8) is 0 Å². The highest BCUT2D eigenvalue weighted by Crippen LogP contribution is 2.32. The monoisotopic (exact) mass is 380 g/mol. The highest BCUT2D eigenvalue weighted by Gasteiger charge is 2.13. The Morgan fingerprint density at radius 1 is 1.29 bits per heavy atom. The molecule has 0 aliphatic carbocycles. The van der Waals surface area contributed by atoms with Gasteiger partial charge < -0.3 is 10.1 Å². The lowest BCUT2D eigenvalue weighted by Gasteiger charge is -2.05. The molecule has 4 nitrogen and oxygen atoms in total. The number of benzene rings is 2. The fourth-order valence-corrected chi connectivity index (χ4v) is 3.63. The molecule has 1 aromatic heterocycles. The van der Waals surface area contributed by atoms with Gasteiger partial charge in [0, 0.05) is 10.6 Å². The summed E-state index contributed by atoms with van der Waals surface area (Å²) in [5, 5.41) is 4.56. The van der Waals surface area contributed by atoms with Gasteiger partial charge in [0.05, 0.1) is 22.9 Å². The summed E-state index contributed by atoms with van der Waals surface area (Å²) in [4.78, 5) is 16.8. The van der Waals surface area contributed by atoms with Gasteiger partial charge >= 0.3 is 0 Å². The van der Waals surface area contributed by atoms with Crippen molar-refractivity contribution in [1.82, 2.24) is 4.98 Å². The zero-order chi connectivity index (χ0) is 17.1. The van der Waals surface area contributed by atoms with Crippen molar-refractivity contribution in [3.8, 4) is 5.75 Å². The first kappa shape index (κ1) is 17.0. The standard InChI is InChI=1S/C17H14Cl2N2O2S/c1-2-23-14-4-3-5-15-16(14)21-17(24-15)20-9-13(22)11-7-6-10(18)8-12(11)19/h3-8H,2,9H2,1H3,(H,20,21). The van der Waals surface area contributed by atoms with Gasteiger partial charge in [-0.1, -0.05) is 40.6 Å². The van der Waals surface area contributed by atoms with Crippen molar-refractivity contribution in [1.29, 1.82) is 0 Å². The van der Waals surface area contributed by atoms with Crippen LogP contribution < -0.4 is 10.1 Å². The average Bonchev–Trinajstić information content (AvgIpc) is 2.97. The second-order valence-electron chi connectivity index (χ2n) is 4.96. The van der Waals surface area contributed by atoms with Crippen LogP contribution in [0.1, 0.15) is 17.3 Å². The molecule has 7 heteroatoms. The summed E-state index contributed by atoms with van der Waals surface area (Å²) in [5.74, 6) is 0.618. The Hall–Kier alpha value is -1.82. The molecule has 3 aromatic rings. The molecule has 0 amide bonds. The Balaban J connectivity index is 1.75. The van der Waals surface area contributed by atoms with Crippen LogP contribution in [0.5, 0.6) is 5.75 Å². The number of Topliss-reactive ketones (excluding diaryl/α,β-unsaturated/α-hetero) is 1. The molecule has 24 heavy (non-hydrogen) atoms. The smallest absolute Gasteiger partial charge is 0.184 e. The van der Waals surface area contributed by atoms with Gasteiger partial charge in [0.15, 0.2) is 10.9 Å². The summed E-state index contributed by atoms with van der Waals surface area (Å²) in [6.07, 6.45) is 0. The number of hydrogen-bond donors (Lipinski definition) is 1. The van der Waals surface area contributed by atoms with Gasteiger partial charge in [-0.05, 0) is 37.3 Å². The number of nitrogens with one attached hydrogen (secondary N) is 1. The van der Waals surface area contributed by atoms with E-state index < -0.39 is 0 Å². The number of carbonyl (C=O) groups is 1. The first-order chi connectivity index (χ1) is 11.6. The zero-order valence-corrected chi connectivity index (χ0v) is 15.1. The van der Waals surface area contributed by atoms with E-state index in [9.17, 15) is 4.79 Å². The number of para-hydroxylation sites is 1. The summed E-state index contributed by atoms with van der Waals surface area (Å²) in [6.45, 7) is 2.61. The molecule has 124 valence electrons. The van der Waals surface area contributed by atoms with Crippen LogP contribution in [0, 0.1) is 0 Å². The molecule has 0 unspecified atom stereocenters. The summed E-state index contributed by atoms with van der Waals surface area (Å²) in [5.41, 5.74) is 1.23. The fraction of sp³-hybridized carbons (Fsp3) is 0.176. The Morgan fingerprint density at radius 2 is 2.12 bits per heavy atom. The van der Waals surface area contributed by atoms with Crippen molar-refractivity contribution in [2.75, 3.05) is 18.5 Å². The number of hydrogen-bond acceptors (Lipinski definition) is 5. The fourth-order valence-electron chi connectivity index (χ4n) is 2.24. The number of halogens is 2. The quantitative estimate of drug-likeness (QED) is 0.589. The molecule has 0 radical (unpaired) electrons. The van der Waals surface area contributed by atoms with Gasteiger partial charge in [0.25, 0.3) is 0 Å². The van der Waals surface area contributed by atoms with E-state index in [4.69, 9.17) is 27.9 Å². The number of fused-ring (bicyclic) bond motifs is 1.